The van der Waals surface area contributed by atoms with Gasteiger partial charge in [0.1, 0.15) is 5.56 Å². The van der Waals surface area contributed by atoms with Crippen LogP contribution in [0.5, 0.6) is 0 Å². The average Bonchev–Trinajstić information content (AvgIpc) is 2.55. The van der Waals surface area contributed by atoms with Gasteiger partial charge in [-0.15, -0.1) is 0 Å². The molecule has 1 aromatic heterocycles. The molecule has 0 aliphatic carbocycles. The van der Waals surface area contributed by atoms with E-state index in [-0.39, 0.29) is 5.97 Å². The van der Waals surface area contributed by atoms with Gasteiger partial charge in [0.05, 0.1) is 12.8 Å². The maximum Gasteiger partial charge on any atom is 0.341 e. The topological polar surface area (TPSA) is 55.0 Å². The zero-order valence-corrected chi connectivity index (χ0v) is 8.89. The minimum absolute atomic E-state index is 0.303. The molecule has 78 valence electrons. The molecule has 0 unspecified atom stereocenters. The summed E-state index contributed by atoms with van der Waals surface area (Å²) in [4.78, 5) is 11.4. The average molecular weight is 196 g/mol. The lowest BCUT2D eigenvalue weighted by molar-refractivity contribution is 0.0598. The molecule has 0 aromatic carbocycles. The maximum absolute atomic E-state index is 11.4. The summed E-state index contributed by atoms with van der Waals surface area (Å²) in [5, 5.41) is 6.91. The summed E-state index contributed by atoms with van der Waals surface area (Å²) in [6.07, 6.45) is 2.95. The Bertz CT molecular complexity index is 318. The number of hydrogen-bond acceptors (Lipinski definition) is 3. The number of esters is 1. The van der Waals surface area contributed by atoms with Gasteiger partial charge in [-0.05, 0) is 19.8 Å². The lowest BCUT2D eigenvalue weighted by Crippen LogP contribution is -2.05. The third-order valence-electron chi connectivity index (χ3n) is 2.18. The lowest BCUT2D eigenvalue weighted by Gasteiger charge is -2.00. The molecule has 0 atom stereocenters. The molecule has 0 spiro atoms. The highest BCUT2D eigenvalue weighted by atomic mass is 16.5. The van der Waals surface area contributed by atoms with Gasteiger partial charge in [-0.1, -0.05) is 13.3 Å². The predicted octanol–water partition coefficient (Wildman–Crippen LogP) is 1.85. The van der Waals surface area contributed by atoms with E-state index in [4.69, 9.17) is 4.74 Å². The standard InChI is InChI=1S/C10H16N2O2/c1-4-5-6-8-9(10(13)14-3)7(2)11-12-8/h4-6H2,1-3H3,(H,11,12). The first kappa shape index (κ1) is 10.8. The molecular weight excluding hydrogens is 180 g/mol. The number of aromatic amines is 1. The smallest absolute Gasteiger partial charge is 0.341 e. The van der Waals surface area contributed by atoms with Gasteiger partial charge in [0.2, 0.25) is 0 Å². The van der Waals surface area contributed by atoms with E-state index in [2.05, 4.69) is 17.1 Å². The highest BCUT2D eigenvalue weighted by Gasteiger charge is 2.17. The summed E-state index contributed by atoms with van der Waals surface area (Å²) in [6.45, 7) is 3.94. The normalized spacial score (nSPS) is 10.2. The largest absolute Gasteiger partial charge is 0.465 e. The van der Waals surface area contributed by atoms with Crippen LogP contribution in [0.1, 0.15) is 41.5 Å². The second-order valence-corrected chi connectivity index (χ2v) is 3.27. The summed E-state index contributed by atoms with van der Waals surface area (Å²) in [5.74, 6) is -0.303. The van der Waals surface area contributed by atoms with Crippen molar-refractivity contribution >= 4 is 5.97 Å². The van der Waals surface area contributed by atoms with Crippen LogP contribution in [0.4, 0.5) is 0 Å². The number of hydrogen-bond donors (Lipinski definition) is 1. The molecule has 4 nitrogen and oxygen atoms in total. The number of aryl methyl sites for hydroxylation is 2. The molecule has 1 aromatic rings. The molecule has 14 heavy (non-hydrogen) atoms. The Labute approximate surface area is 83.7 Å². The van der Waals surface area contributed by atoms with Gasteiger partial charge < -0.3 is 4.74 Å². The van der Waals surface area contributed by atoms with E-state index >= 15 is 0 Å². The fraction of sp³-hybridized carbons (Fsp3) is 0.600. The second-order valence-electron chi connectivity index (χ2n) is 3.27. The van der Waals surface area contributed by atoms with Gasteiger partial charge in [-0.2, -0.15) is 5.10 Å². The summed E-state index contributed by atoms with van der Waals surface area (Å²) in [5.41, 5.74) is 2.19. The van der Waals surface area contributed by atoms with Gasteiger partial charge in [0.25, 0.3) is 0 Å². The molecule has 0 aliphatic rings. The van der Waals surface area contributed by atoms with Gasteiger partial charge in [0.15, 0.2) is 0 Å². The first-order chi connectivity index (χ1) is 6.70. The molecular formula is C10H16N2O2. The number of rotatable bonds is 4. The number of methoxy groups -OCH3 is 1. The highest BCUT2D eigenvalue weighted by Crippen LogP contribution is 2.14. The van der Waals surface area contributed by atoms with E-state index in [1.165, 1.54) is 7.11 Å². The van der Waals surface area contributed by atoms with Crippen molar-refractivity contribution < 1.29 is 9.53 Å². The number of carbonyl (C=O) groups is 1. The van der Waals surface area contributed by atoms with Crippen molar-refractivity contribution in [1.82, 2.24) is 10.2 Å². The fourth-order valence-electron chi connectivity index (χ4n) is 1.38. The first-order valence-electron chi connectivity index (χ1n) is 4.82. The monoisotopic (exact) mass is 196 g/mol. The number of nitrogens with one attached hydrogen (secondary N) is 1. The molecule has 0 saturated heterocycles. The van der Waals surface area contributed by atoms with E-state index in [0.29, 0.717) is 5.56 Å². The van der Waals surface area contributed by atoms with Crippen LogP contribution in [-0.4, -0.2) is 23.3 Å². The number of carbonyl (C=O) groups excluding carboxylic acids is 1. The summed E-state index contributed by atoms with van der Waals surface area (Å²) < 4.78 is 4.70. The molecule has 0 bridgehead atoms. The fourth-order valence-corrected chi connectivity index (χ4v) is 1.38. The van der Waals surface area contributed by atoms with Crippen molar-refractivity contribution in [3.8, 4) is 0 Å². The van der Waals surface area contributed by atoms with E-state index < -0.39 is 0 Å². The molecule has 1 rings (SSSR count). The Morgan fingerprint density at radius 3 is 2.86 bits per heavy atom. The van der Waals surface area contributed by atoms with Crippen LogP contribution in [0.3, 0.4) is 0 Å². The molecule has 0 radical (unpaired) electrons. The van der Waals surface area contributed by atoms with E-state index in [0.717, 1.165) is 30.7 Å². The minimum Gasteiger partial charge on any atom is -0.465 e. The van der Waals surface area contributed by atoms with Gasteiger partial charge in [0, 0.05) is 5.69 Å². The highest BCUT2D eigenvalue weighted by molar-refractivity contribution is 5.91. The number of nitrogens with zero attached hydrogens (tertiary/aromatic N) is 1. The van der Waals surface area contributed by atoms with Crippen LogP contribution < -0.4 is 0 Å². The molecule has 0 saturated carbocycles. The summed E-state index contributed by atoms with van der Waals surface area (Å²) in [6, 6.07) is 0. The molecule has 0 fully saturated rings. The zero-order valence-electron chi connectivity index (χ0n) is 8.89. The Hall–Kier alpha value is -1.32. The van der Waals surface area contributed by atoms with E-state index in [9.17, 15) is 4.79 Å². The molecule has 1 heterocycles. The molecule has 0 amide bonds. The van der Waals surface area contributed by atoms with Crippen LogP contribution >= 0.6 is 0 Å². The van der Waals surface area contributed by atoms with Crippen molar-refractivity contribution in [2.45, 2.75) is 33.1 Å². The third kappa shape index (κ3) is 2.13. The Balaban J connectivity index is 2.88. The van der Waals surface area contributed by atoms with E-state index in [1.54, 1.807) is 0 Å². The van der Waals surface area contributed by atoms with Gasteiger partial charge in [-0.25, -0.2) is 4.79 Å². The van der Waals surface area contributed by atoms with E-state index in [1.807, 2.05) is 6.92 Å². The summed E-state index contributed by atoms with van der Waals surface area (Å²) in [7, 11) is 1.39. The van der Waals surface area contributed by atoms with Crippen molar-refractivity contribution in [3.63, 3.8) is 0 Å². The predicted molar refractivity (Wildman–Crippen MR) is 53.3 cm³/mol. The minimum atomic E-state index is -0.303. The van der Waals surface area contributed by atoms with Crippen molar-refractivity contribution in [3.05, 3.63) is 17.0 Å². The number of H-pyrrole nitrogens is 1. The number of unbranched alkanes of at least 4 members (excludes halogenated alkanes) is 1. The summed E-state index contributed by atoms with van der Waals surface area (Å²) >= 11 is 0. The number of aromatic nitrogens is 2. The van der Waals surface area contributed by atoms with Crippen LogP contribution in [0.25, 0.3) is 0 Å². The zero-order chi connectivity index (χ0) is 10.6. The van der Waals surface area contributed by atoms with Crippen LogP contribution in [0.2, 0.25) is 0 Å². The van der Waals surface area contributed by atoms with Gasteiger partial charge >= 0.3 is 5.97 Å². The Kier molecular flexibility index (Phi) is 3.68. The molecule has 0 aliphatic heterocycles. The molecule has 1 N–H and O–H groups in total. The quantitative estimate of drug-likeness (QED) is 0.748. The SMILES string of the molecule is CCCCc1n[nH]c(C)c1C(=O)OC. The number of ether oxygens (including phenoxy) is 1. The van der Waals surface area contributed by atoms with Crippen molar-refractivity contribution in [2.24, 2.45) is 0 Å². The second kappa shape index (κ2) is 4.79. The first-order valence-corrected chi connectivity index (χ1v) is 4.82. The van der Waals surface area contributed by atoms with Crippen molar-refractivity contribution in [2.75, 3.05) is 7.11 Å². The molecule has 4 heteroatoms. The maximum atomic E-state index is 11.4. The Morgan fingerprint density at radius 1 is 1.57 bits per heavy atom. The Morgan fingerprint density at radius 2 is 2.29 bits per heavy atom. The van der Waals surface area contributed by atoms with Crippen LogP contribution in [0.15, 0.2) is 0 Å². The lowest BCUT2D eigenvalue weighted by atomic mass is 10.1. The van der Waals surface area contributed by atoms with Crippen LogP contribution in [-0.2, 0) is 11.2 Å². The van der Waals surface area contributed by atoms with Gasteiger partial charge in [-0.3, -0.25) is 5.10 Å². The van der Waals surface area contributed by atoms with Crippen molar-refractivity contribution in [1.29, 1.82) is 0 Å². The third-order valence-corrected chi connectivity index (χ3v) is 2.18. The van der Waals surface area contributed by atoms with Crippen LogP contribution in [0, 0.1) is 6.92 Å².